The van der Waals surface area contributed by atoms with Gasteiger partial charge in [-0.25, -0.2) is 0 Å². The third kappa shape index (κ3) is 3.86. The largest absolute Gasteiger partial charge is 0.0876 e. The van der Waals surface area contributed by atoms with Crippen LogP contribution in [0.25, 0.3) is 0 Å². The Hall–Kier alpha value is -1.86. The Balaban J connectivity index is 1.81. The molecule has 0 saturated carbocycles. The molecule has 0 fully saturated rings. The Bertz CT molecular complexity index is 717. The van der Waals surface area contributed by atoms with E-state index >= 15 is 0 Å². The maximum atomic E-state index is 3.64. The second-order valence-electron chi connectivity index (χ2n) is 5.56. The van der Waals surface area contributed by atoms with Gasteiger partial charge >= 0.3 is 0 Å². The molecule has 110 valence electrons. The van der Waals surface area contributed by atoms with Crippen molar-refractivity contribution in [3.8, 4) is 0 Å². The number of hydrogen-bond acceptors (Lipinski definition) is 0. The van der Waals surface area contributed by atoms with Crippen LogP contribution in [0.1, 0.15) is 27.8 Å². The summed E-state index contributed by atoms with van der Waals surface area (Å²) in [5.74, 6) is 0. The minimum atomic E-state index is 0.901. The minimum absolute atomic E-state index is 0.901. The molecular formula is C21H19Br. The van der Waals surface area contributed by atoms with Crippen molar-refractivity contribution in [1.29, 1.82) is 0 Å². The third-order valence-electron chi connectivity index (χ3n) is 3.90. The lowest BCUT2D eigenvalue weighted by Crippen LogP contribution is -1.97. The van der Waals surface area contributed by atoms with Crippen molar-refractivity contribution in [3.05, 3.63) is 107 Å². The van der Waals surface area contributed by atoms with E-state index in [4.69, 9.17) is 0 Å². The molecule has 1 heteroatoms. The molecule has 0 saturated heterocycles. The number of alkyl halides is 1. The molecule has 3 aromatic rings. The van der Waals surface area contributed by atoms with Gasteiger partial charge in [0.2, 0.25) is 0 Å². The highest BCUT2D eigenvalue weighted by Crippen LogP contribution is 2.20. The van der Waals surface area contributed by atoms with Crippen LogP contribution in [-0.2, 0) is 18.2 Å². The standard InChI is InChI=1S/C21H19Br/c22-16-21-15-19(13-17-7-3-1-4-8-17)11-12-20(21)14-18-9-5-2-6-10-18/h1-12,15H,13-14,16H2. The molecule has 0 heterocycles. The fourth-order valence-corrected chi connectivity index (χ4v) is 3.26. The van der Waals surface area contributed by atoms with E-state index in [0.29, 0.717) is 0 Å². The lowest BCUT2D eigenvalue weighted by Gasteiger charge is -2.11. The third-order valence-corrected chi connectivity index (χ3v) is 4.51. The lowest BCUT2D eigenvalue weighted by atomic mass is 9.96. The summed E-state index contributed by atoms with van der Waals surface area (Å²) in [5, 5.41) is 0.901. The van der Waals surface area contributed by atoms with Crippen LogP contribution >= 0.6 is 15.9 Å². The zero-order valence-electron chi connectivity index (χ0n) is 12.5. The fraction of sp³-hybridized carbons (Fsp3) is 0.143. The normalized spacial score (nSPS) is 10.6. The van der Waals surface area contributed by atoms with Crippen molar-refractivity contribution in [2.45, 2.75) is 18.2 Å². The number of hydrogen-bond donors (Lipinski definition) is 0. The Morgan fingerprint density at radius 2 is 1.14 bits per heavy atom. The molecule has 0 aliphatic carbocycles. The molecule has 0 spiro atoms. The minimum Gasteiger partial charge on any atom is -0.0876 e. The van der Waals surface area contributed by atoms with Gasteiger partial charge in [0, 0.05) is 5.33 Å². The van der Waals surface area contributed by atoms with Gasteiger partial charge in [-0.05, 0) is 40.7 Å². The van der Waals surface area contributed by atoms with Crippen LogP contribution in [0, 0.1) is 0 Å². The lowest BCUT2D eigenvalue weighted by molar-refractivity contribution is 1.11. The van der Waals surface area contributed by atoms with Gasteiger partial charge in [-0.2, -0.15) is 0 Å². The summed E-state index contributed by atoms with van der Waals surface area (Å²) in [6.45, 7) is 0. The first-order chi connectivity index (χ1) is 10.8. The molecule has 0 amide bonds. The highest BCUT2D eigenvalue weighted by atomic mass is 79.9. The summed E-state index contributed by atoms with van der Waals surface area (Å²) >= 11 is 3.64. The van der Waals surface area contributed by atoms with Gasteiger partial charge in [-0.3, -0.25) is 0 Å². The fourth-order valence-electron chi connectivity index (χ4n) is 2.73. The van der Waals surface area contributed by atoms with Crippen molar-refractivity contribution in [1.82, 2.24) is 0 Å². The molecule has 0 N–H and O–H groups in total. The molecule has 0 aromatic heterocycles. The molecule has 0 radical (unpaired) electrons. The molecule has 3 rings (SSSR count). The van der Waals surface area contributed by atoms with Gasteiger partial charge in [0.1, 0.15) is 0 Å². The summed E-state index contributed by atoms with van der Waals surface area (Å²) in [6, 6.07) is 28.2. The zero-order valence-corrected chi connectivity index (χ0v) is 14.1. The summed E-state index contributed by atoms with van der Waals surface area (Å²) < 4.78 is 0. The first-order valence-electron chi connectivity index (χ1n) is 7.59. The topological polar surface area (TPSA) is 0 Å². The smallest absolute Gasteiger partial charge is 0.0286 e. The Kier molecular flexibility index (Phi) is 5.07. The average molecular weight is 351 g/mol. The Morgan fingerprint density at radius 3 is 1.73 bits per heavy atom. The van der Waals surface area contributed by atoms with Crippen LogP contribution in [0.15, 0.2) is 78.9 Å². The van der Waals surface area contributed by atoms with Crippen LogP contribution in [0.5, 0.6) is 0 Å². The van der Waals surface area contributed by atoms with E-state index in [0.717, 1.165) is 18.2 Å². The summed E-state index contributed by atoms with van der Waals surface area (Å²) in [6.07, 6.45) is 1.99. The van der Waals surface area contributed by atoms with E-state index < -0.39 is 0 Å². The van der Waals surface area contributed by atoms with Crippen LogP contribution in [0.3, 0.4) is 0 Å². The monoisotopic (exact) mass is 350 g/mol. The number of rotatable bonds is 5. The van der Waals surface area contributed by atoms with E-state index in [2.05, 4.69) is 94.8 Å². The van der Waals surface area contributed by atoms with Crippen molar-refractivity contribution in [2.75, 3.05) is 0 Å². The number of halogens is 1. The maximum Gasteiger partial charge on any atom is 0.0286 e. The van der Waals surface area contributed by atoms with Crippen molar-refractivity contribution in [3.63, 3.8) is 0 Å². The van der Waals surface area contributed by atoms with Gasteiger partial charge in [0.25, 0.3) is 0 Å². The second-order valence-corrected chi connectivity index (χ2v) is 6.12. The van der Waals surface area contributed by atoms with Crippen LogP contribution < -0.4 is 0 Å². The van der Waals surface area contributed by atoms with Crippen molar-refractivity contribution >= 4 is 15.9 Å². The predicted molar refractivity (Wildman–Crippen MR) is 97.6 cm³/mol. The summed E-state index contributed by atoms with van der Waals surface area (Å²) in [5.41, 5.74) is 6.88. The van der Waals surface area contributed by atoms with Gasteiger partial charge in [-0.15, -0.1) is 0 Å². The second kappa shape index (κ2) is 7.42. The quantitative estimate of drug-likeness (QED) is 0.513. The molecule has 0 atom stereocenters. The predicted octanol–water partition coefficient (Wildman–Crippen LogP) is 5.76. The van der Waals surface area contributed by atoms with E-state index in [1.807, 2.05) is 0 Å². The highest BCUT2D eigenvalue weighted by Gasteiger charge is 2.05. The van der Waals surface area contributed by atoms with E-state index in [-0.39, 0.29) is 0 Å². The Labute approximate surface area is 141 Å². The molecule has 0 unspecified atom stereocenters. The molecule has 0 aliphatic rings. The maximum absolute atomic E-state index is 3.64. The van der Waals surface area contributed by atoms with Crippen molar-refractivity contribution < 1.29 is 0 Å². The van der Waals surface area contributed by atoms with Crippen LogP contribution in [0.4, 0.5) is 0 Å². The first-order valence-corrected chi connectivity index (χ1v) is 8.72. The highest BCUT2D eigenvalue weighted by molar-refractivity contribution is 9.08. The summed E-state index contributed by atoms with van der Waals surface area (Å²) in [4.78, 5) is 0. The zero-order chi connectivity index (χ0) is 15.2. The van der Waals surface area contributed by atoms with Crippen LogP contribution in [-0.4, -0.2) is 0 Å². The van der Waals surface area contributed by atoms with E-state index in [1.165, 1.54) is 27.8 Å². The first kappa shape index (κ1) is 15.1. The molecule has 22 heavy (non-hydrogen) atoms. The molecule has 0 nitrogen and oxygen atoms in total. The molecular weight excluding hydrogens is 332 g/mol. The van der Waals surface area contributed by atoms with Crippen LogP contribution in [0.2, 0.25) is 0 Å². The van der Waals surface area contributed by atoms with E-state index in [9.17, 15) is 0 Å². The van der Waals surface area contributed by atoms with Gasteiger partial charge in [-0.1, -0.05) is 94.8 Å². The summed E-state index contributed by atoms with van der Waals surface area (Å²) in [7, 11) is 0. The molecule has 0 aliphatic heterocycles. The van der Waals surface area contributed by atoms with Gasteiger partial charge in [0.15, 0.2) is 0 Å². The number of benzene rings is 3. The van der Waals surface area contributed by atoms with Gasteiger partial charge < -0.3 is 0 Å². The Morgan fingerprint density at radius 1 is 0.545 bits per heavy atom. The molecule has 3 aromatic carbocycles. The van der Waals surface area contributed by atoms with Gasteiger partial charge in [0.05, 0.1) is 0 Å². The molecule has 0 bridgehead atoms. The van der Waals surface area contributed by atoms with Crippen molar-refractivity contribution in [2.24, 2.45) is 0 Å². The average Bonchev–Trinajstić information content (AvgIpc) is 2.58. The van der Waals surface area contributed by atoms with E-state index in [1.54, 1.807) is 0 Å². The SMILES string of the molecule is BrCc1cc(Cc2ccccc2)ccc1Cc1ccccc1.